The summed E-state index contributed by atoms with van der Waals surface area (Å²) in [7, 11) is 0. The molecule has 0 N–H and O–H groups in total. The van der Waals surface area contributed by atoms with Gasteiger partial charge < -0.3 is 4.74 Å². The molecule has 6 nitrogen and oxygen atoms in total. The van der Waals surface area contributed by atoms with Crippen LogP contribution in [-0.2, 0) is 14.4 Å². The van der Waals surface area contributed by atoms with Gasteiger partial charge in [-0.05, 0) is 5.17 Å². The molecule has 0 saturated carbocycles. The standard InChI is InChI=1S/C4H4N2O4/c1-3-9-4(8)6(10-3)5-2-7/h3H,1H3. The Bertz CT molecular complexity index is 197. The van der Waals surface area contributed by atoms with E-state index in [-0.39, 0.29) is 0 Å². The second-order valence-electron chi connectivity index (χ2n) is 1.52. The zero-order valence-corrected chi connectivity index (χ0v) is 5.10. The fourth-order valence-electron chi connectivity index (χ4n) is 0.494. The average molecular weight is 144 g/mol. The van der Waals surface area contributed by atoms with Crippen molar-refractivity contribution in [3.8, 4) is 0 Å². The lowest BCUT2D eigenvalue weighted by Crippen LogP contribution is -2.15. The molecular formula is C4H4N2O4. The fourth-order valence-corrected chi connectivity index (χ4v) is 0.494. The second kappa shape index (κ2) is 2.47. The van der Waals surface area contributed by atoms with E-state index in [4.69, 9.17) is 0 Å². The van der Waals surface area contributed by atoms with Crippen molar-refractivity contribution in [2.45, 2.75) is 13.2 Å². The lowest BCUT2D eigenvalue weighted by atomic mass is 10.8. The Balaban J connectivity index is 2.63. The van der Waals surface area contributed by atoms with Gasteiger partial charge in [0.2, 0.25) is 6.29 Å². The summed E-state index contributed by atoms with van der Waals surface area (Å²) >= 11 is 0. The molecule has 1 heterocycles. The lowest BCUT2D eigenvalue weighted by Gasteiger charge is -1.97. The first kappa shape index (κ1) is 6.73. The molecule has 1 atom stereocenters. The largest absolute Gasteiger partial charge is 0.459 e. The highest BCUT2D eigenvalue weighted by molar-refractivity contribution is 5.67. The van der Waals surface area contributed by atoms with Gasteiger partial charge in [0.05, 0.1) is 0 Å². The topological polar surface area (TPSA) is 68.2 Å². The number of carbonyl (C=O) groups is 1. The molecule has 1 aliphatic rings. The van der Waals surface area contributed by atoms with Gasteiger partial charge in [-0.25, -0.2) is 14.4 Å². The highest BCUT2D eigenvalue weighted by Gasteiger charge is 2.29. The summed E-state index contributed by atoms with van der Waals surface area (Å²) in [5.74, 6) is 0. The summed E-state index contributed by atoms with van der Waals surface area (Å²) < 4.78 is 4.42. The molecule has 1 amide bonds. The Morgan fingerprint density at radius 3 is 2.90 bits per heavy atom. The summed E-state index contributed by atoms with van der Waals surface area (Å²) in [6, 6.07) is 0. The van der Waals surface area contributed by atoms with Crippen molar-refractivity contribution >= 4 is 12.2 Å². The van der Waals surface area contributed by atoms with E-state index in [1.54, 1.807) is 0 Å². The maximum absolute atomic E-state index is 10.5. The maximum atomic E-state index is 10.5. The first-order valence-corrected chi connectivity index (χ1v) is 2.49. The molecule has 6 heteroatoms. The van der Waals surface area contributed by atoms with E-state index in [0.717, 1.165) is 6.08 Å². The van der Waals surface area contributed by atoms with Crippen molar-refractivity contribution in [2.24, 2.45) is 5.10 Å². The van der Waals surface area contributed by atoms with Gasteiger partial charge in [-0.1, -0.05) is 5.10 Å². The first-order valence-electron chi connectivity index (χ1n) is 2.49. The van der Waals surface area contributed by atoms with E-state index in [1.165, 1.54) is 6.92 Å². The van der Waals surface area contributed by atoms with Crippen LogP contribution in [0.15, 0.2) is 5.10 Å². The molecule has 1 aliphatic heterocycles. The maximum Gasteiger partial charge on any atom is 0.459 e. The van der Waals surface area contributed by atoms with Crippen LogP contribution in [0.2, 0.25) is 0 Å². The number of hydroxylamine groups is 1. The van der Waals surface area contributed by atoms with Gasteiger partial charge in [0.1, 0.15) is 0 Å². The summed E-state index contributed by atoms with van der Waals surface area (Å²) in [6.45, 7) is 1.50. The normalized spacial score (nSPS) is 23.9. The lowest BCUT2D eigenvalue weighted by molar-refractivity contribution is -0.147. The van der Waals surface area contributed by atoms with Crippen LogP contribution in [0.25, 0.3) is 0 Å². The molecular weight excluding hydrogens is 140 g/mol. The SMILES string of the molecule is CC1OC(=O)N(N=C=O)O1. The zero-order chi connectivity index (χ0) is 7.56. The fraction of sp³-hybridized carbons (Fsp3) is 0.500. The van der Waals surface area contributed by atoms with E-state index in [0.29, 0.717) is 5.17 Å². The molecule has 10 heavy (non-hydrogen) atoms. The van der Waals surface area contributed by atoms with E-state index in [2.05, 4.69) is 14.7 Å². The monoisotopic (exact) mass is 144 g/mol. The number of isocyanates is 1. The smallest absolute Gasteiger partial charge is 0.415 e. The molecule has 1 saturated heterocycles. The Kier molecular flexibility index (Phi) is 1.66. The Labute approximate surface area is 56.0 Å². The zero-order valence-electron chi connectivity index (χ0n) is 5.10. The molecule has 1 unspecified atom stereocenters. The quantitative estimate of drug-likeness (QED) is 0.382. The van der Waals surface area contributed by atoms with Crippen LogP contribution in [0.5, 0.6) is 0 Å². The molecule has 0 aromatic heterocycles. The minimum Gasteiger partial charge on any atom is -0.415 e. The minimum absolute atomic E-state index is 0.442. The third kappa shape index (κ3) is 1.12. The highest BCUT2D eigenvalue weighted by Crippen LogP contribution is 2.11. The van der Waals surface area contributed by atoms with Crippen molar-refractivity contribution in [2.75, 3.05) is 0 Å². The summed E-state index contributed by atoms with van der Waals surface area (Å²) in [5.41, 5.74) is 0. The summed E-state index contributed by atoms with van der Waals surface area (Å²) in [5, 5.41) is 3.33. The van der Waals surface area contributed by atoms with Gasteiger partial charge in [-0.3, -0.25) is 0 Å². The predicted octanol–water partition coefficient (Wildman–Crippen LogP) is -0.0330. The van der Waals surface area contributed by atoms with Crippen LogP contribution in [-0.4, -0.2) is 23.6 Å². The van der Waals surface area contributed by atoms with E-state index in [9.17, 15) is 9.59 Å². The van der Waals surface area contributed by atoms with Crippen LogP contribution >= 0.6 is 0 Å². The second-order valence-corrected chi connectivity index (χ2v) is 1.52. The number of rotatable bonds is 1. The summed E-state index contributed by atoms with van der Waals surface area (Å²) in [6.07, 6.45) is -0.364. The Morgan fingerprint density at radius 2 is 2.50 bits per heavy atom. The van der Waals surface area contributed by atoms with E-state index in [1.807, 2.05) is 0 Å². The number of nitrogens with zero attached hydrogens (tertiary/aromatic N) is 2. The van der Waals surface area contributed by atoms with Crippen molar-refractivity contribution in [1.82, 2.24) is 5.17 Å². The molecule has 0 aliphatic carbocycles. The molecule has 0 spiro atoms. The number of hydrazone groups is 1. The van der Waals surface area contributed by atoms with E-state index < -0.39 is 12.4 Å². The van der Waals surface area contributed by atoms with Crippen LogP contribution in [0.1, 0.15) is 6.92 Å². The van der Waals surface area contributed by atoms with Crippen molar-refractivity contribution in [1.29, 1.82) is 0 Å². The molecule has 0 aromatic carbocycles. The van der Waals surface area contributed by atoms with Crippen molar-refractivity contribution in [3.05, 3.63) is 0 Å². The third-order valence-corrected chi connectivity index (χ3v) is 0.803. The van der Waals surface area contributed by atoms with Gasteiger partial charge in [0.25, 0.3) is 6.08 Å². The van der Waals surface area contributed by atoms with Crippen molar-refractivity contribution in [3.63, 3.8) is 0 Å². The van der Waals surface area contributed by atoms with Gasteiger partial charge in [0, 0.05) is 6.92 Å². The molecule has 0 aromatic rings. The molecule has 54 valence electrons. The van der Waals surface area contributed by atoms with Crippen LogP contribution in [0, 0.1) is 0 Å². The van der Waals surface area contributed by atoms with Gasteiger partial charge in [-0.2, -0.15) is 0 Å². The predicted molar refractivity (Wildman–Crippen MR) is 27.0 cm³/mol. The number of carbonyl (C=O) groups excluding carboxylic acids is 2. The number of amides is 1. The number of hydrogen-bond donors (Lipinski definition) is 0. The molecule has 0 bridgehead atoms. The summed E-state index contributed by atoms with van der Waals surface area (Å²) in [4.78, 5) is 24.6. The molecule has 1 fully saturated rings. The van der Waals surface area contributed by atoms with Crippen LogP contribution < -0.4 is 0 Å². The molecule has 1 rings (SSSR count). The Morgan fingerprint density at radius 1 is 1.80 bits per heavy atom. The average Bonchev–Trinajstić information content (AvgIpc) is 2.13. The highest BCUT2D eigenvalue weighted by atomic mass is 16.9. The number of ether oxygens (including phenoxy) is 1. The third-order valence-electron chi connectivity index (χ3n) is 0.803. The van der Waals surface area contributed by atoms with Gasteiger partial charge >= 0.3 is 6.09 Å². The molecule has 0 radical (unpaired) electrons. The first-order chi connectivity index (χ1) is 4.74. The van der Waals surface area contributed by atoms with Crippen molar-refractivity contribution < 1.29 is 19.2 Å². The van der Waals surface area contributed by atoms with E-state index >= 15 is 0 Å². The van der Waals surface area contributed by atoms with Crippen LogP contribution in [0.3, 0.4) is 0 Å². The number of cyclic esters (lactones) is 1. The van der Waals surface area contributed by atoms with Gasteiger partial charge in [-0.15, -0.1) is 0 Å². The van der Waals surface area contributed by atoms with Crippen LogP contribution in [0.4, 0.5) is 4.79 Å². The van der Waals surface area contributed by atoms with Gasteiger partial charge in [0.15, 0.2) is 0 Å². The minimum atomic E-state index is -0.809. The Hall–Kier alpha value is -1.39. The number of hydrogen-bond acceptors (Lipinski definition) is 5.